The van der Waals surface area contributed by atoms with Crippen LogP contribution >= 0.6 is 0 Å². The van der Waals surface area contributed by atoms with Crippen molar-refractivity contribution in [2.24, 2.45) is 0 Å². The summed E-state index contributed by atoms with van der Waals surface area (Å²) in [5.74, 6) is 0. The molecule has 1 aliphatic rings. The van der Waals surface area contributed by atoms with Gasteiger partial charge in [-0.3, -0.25) is 9.97 Å². The van der Waals surface area contributed by atoms with Crippen molar-refractivity contribution in [3.8, 4) is 11.1 Å². The molecule has 0 radical (unpaired) electrons. The topological polar surface area (TPSA) is 41.0 Å². The third-order valence-corrected chi connectivity index (χ3v) is 3.81. The van der Waals surface area contributed by atoms with E-state index in [4.69, 9.17) is 0 Å². The molecule has 20 heavy (non-hydrogen) atoms. The van der Waals surface area contributed by atoms with Crippen LogP contribution in [0.15, 0.2) is 48.9 Å². The van der Waals surface area contributed by atoms with Gasteiger partial charge in [0.2, 0.25) is 0 Å². The number of anilines is 1. The van der Waals surface area contributed by atoms with Gasteiger partial charge in [-0.15, -0.1) is 0 Å². The van der Waals surface area contributed by atoms with E-state index >= 15 is 0 Å². The third-order valence-electron chi connectivity index (χ3n) is 3.81. The number of nitrogens with one attached hydrogen (secondary N) is 1. The summed E-state index contributed by atoms with van der Waals surface area (Å²) >= 11 is 0. The predicted molar refractivity (Wildman–Crippen MR) is 80.2 cm³/mol. The Labute approximate surface area is 117 Å². The number of hydrazine groups is 1. The van der Waals surface area contributed by atoms with Gasteiger partial charge in [-0.2, -0.15) is 0 Å². The fourth-order valence-electron chi connectivity index (χ4n) is 2.71. The molecule has 1 N–H and O–H groups in total. The van der Waals surface area contributed by atoms with Crippen molar-refractivity contribution in [1.29, 1.82) is 0 Å². The Balaban J connectivity index is 1.95. The Morgan fingerprint density at radius 3 is 2.95 bits per heavy atom. The Hall–Kier alpha value is -2.46. The van der Waals surface area contributed by atoms with Crippen LogP contribution < -0.4 is 10.4 Å². The summed E-state index contributed by atoms with van der Waals surface area (Å²) in [6.45, 7) is 0.849. The van der Waals surface area contributed by atoms with Crippen LogP contribution in [0, 0.1) is 0 Å². The molecule has 0 saturated heterocycles. The van der Waals surface area contributed by atoms with E-state index in [1.54, 1.807) is 6.20 Å². The molecule has 4 heteroatoms. The smallest absolute Gasteiger partial charge is 0.0751 e. The van der Waals surface area contributed by atoms with Crippen LogP contribution in [0.5, 0.6) is 0 Å². The molecule has 1 aromatic carbocycles. The number of fused-ring (bicyclic) bond motifs is 3. The van der Waals surface area contributed by atoms with Gasteiger partial charge in [-0.1, -0.05) is 12.1 Å². The molecule has 3 heterocycles. The van der Waals surface area contributed by atoms with Gasteiger partial charge >= 0.3 is 0 Å². The quantitative estimate of drug-likeness (QED) is 0.732. The lowest BCUT2D eigenvalue weighted by Gasteiger charge is -2.11. The lowest BCUT2D eigenvalue weighted by molar-refractivity contribution is 0.735. The van der Waals surface area contributed by atoms with Crippen molar-refractivity contribution >= 4 is 16.6 Å². The first kappa shape index (κ1) is 11.4. The molecule has 0 spiro atoms. The van der Waals surface area contributed by atoms with E-state index in [0.717, 1.165) is 23.3 Å². The Morgan fingerprint density at radius 2 is 2.10 bits per heavy atom. The number of rotatable bonds is 1. The lowest BCUT2D eigenvalue weighted by Crippen LogP contribution is -2.26. The van der Waals surface area contributed by atoms with Gasteiger partial charge in [0.1, 0.15) is 0 Å². The number of benzene rings is 1. The molecule has 0 saturated carbocycles. The molecule has 0 aliphatic carbocycles. The fraction of sp³-hybridized carbons (Fsp3) is 0.125. The Morgan fingerprint density at radius 1 is 1.15 bits per heavy atom. The Bertz CT molecular complexity index is 783. The molecule has 4 nitrogen and oxygen atoms in total. The maximum atomic E-state index is 4.54. The van der Waals surface area contributed by atoms with E-state index in [1.165, 1.54) is 16.5 Å². The summed E-state index contributed by atoms with van der Waals surface area (Å²) < 4.78 is 0. The second-order valence-electron chi connectivity index (χ2n) is 4.99. The largest absolute Gasteiger partial charge is 0.309 e. The maximum Gasteiger partial charge on any atom is 0.0751 e. The predicted octanol–water partition coefficient (Wildman–Crippen LogP) is 2.75. The molecule has 3 aromatic rings. The van der Waals surface area contributed by atoms with Gasteiger partial charge in [-0.25, -0.2) is 5.43 Å². The normalized spacial score (nSPS) is 13.8. The van der Waals surface area contributed by atoms with Gasteiger partial charge in [0.25, 0.3) is 0 Å². The summed E-state index contributed by atoms with van der Waals surface area (Å²) in [7, 11) is 2.02. The van der Waals surface area contributed by atoms with Crippen molar-refractivity contribution < 1.29 is 0 Å². The lowest BCUT2D eigenvalue weighted by atomic mass is 10.0. The van der Waals surface area contributed by atoms with Gasteiger partial charge in [0, 0.05) is 42.5 Å². The van der Waals surface area contributed by atoms with Crippen molar-refractivity contribution in [2.75, 3.05) is 12.1 Å². The fourth-order valence-corrected chi connectivity index (χ4v) is 2.71. The van der Waals surface area contributed by atoms with Crippen LogP contribution in [-0.2, 0) is 6.54 Å². The standard InChI is InChI=1S/C16H14N4/c1-20-16-10-18-15-5-4-11(12-3-2-6-17-8-12)7-13(15)14(16)9-19-20/h2-8,10,19H,9H2,1H3. The minimum atomic E-state index is 0.849. The number of pyridine rings is 2. The van der Waals surface area contributed by atoms with E-state index in [9.17, 15) is 0 Å². The molecular formula is C16H14N4. The van der Waals surface area contributed by atoms with Crippen LogP contribution in [0.25, 0.3) is 22.0 Å². The van der Waals surface area contributed by atoms with Gasteiger partial charge in [-0.05, 0) is 23.8 Å². The average Bonchev–Trinajstić information content (AvgIpc) is 2.89. The summed E-state index contributed by atoms with van der Waals surface area (Å²) in [6.07, 6.45) is 5.62. The number of hydrogen-bond donors (Lipinski definition) is 1. The van der Waals surface area contributed by atoms with Crippen molar-refractivity contribution in [1.82, 2.24) is 15.4 Å². The molecule has 0 amide bonds. The number of aromatic nitrogens is 2. The molecule has 98 valence electrons. The molecule has 2 aromatic heterocycles. The highest BCUT2D eigenvalue weighted by Crippen LogP contribution is 2.32. The second kappa shape index (κ2) is 4.28. The van der Waals surface area contributed by atoms with E-state index in [2.05, 4.69) is 39.7 Å². The average molecular weight is 262 g/mol. The minimum Gasteiger partial charge on any atom is -0.309 e. The number of nitrogens with zero attached hydrogens (tertiary/aromatic N) is 3. The summed E-state index contributed by atoms with van der Waals surface area (Å²) in [5.41, 5.74) is 9.12. The molecule has 1 aliphatic heterocycles. The second-order valence-corrected chi connectivity index (χ2v) is 4.99. The van der Waals surface area contributed by atoms with Crippen LogP contribution in [0.3, 0.4) is 0 Å². The first-order valence-electron chi connectivity index (χ1n) is 6.62. The molecule has 0 atom stereocenters. The highest BCUT2D eigenvalue weighted by atomic mass is 15.5. The number of hydrogen-bond acceptors (Lipinski definition) is 4. The zero-order valence-corrected chi connectivity index (χ0v) is 11.2. The monoisotopic (exact) mass is 262 g/mol. The van der Waals surface area contributed by atoms with Crippen LogP contribution in [0.2, 0.25) is 0 Å². The summed E-state index contributed by atoms with van der Waals surface area (Å²) in [4.78, 5) is 8.73. The van der Waals surface area contributed by atoms with E-state index in [1.807, 2.05) is 30.5 Å². The zero-order chi connectivity index (χ0) is 13.5. The first-order valence-corrected chi connectivity index (χ1v) is 6.62. The SMILES string of the molecule is CN1NCc2c1cnc1ccc(-c3cccnc3)cc21. The van der Waals surface area contributed by atoms with Gasteiger partial charge in [0.15, 0.2) is 0 Å². The van der Waals surface area contributed by atoms with E-state index < -0.39 is 0 Å². The molecule has 0 fully saturated rings. The zero-order valence-electron chi connectivity index (χ0n) is 11.2. The molecule has 4 rings (SSSR count). The molecule has 0 bridgehead atoms. The van der Waals surface area contributed by atoms with E-state index in [-0.39, 0.29) is 0 Å². The van der Waals surface area contributed by atoms with Gasteiger partial charge in [0.05, 0.1) is 17.4 Å². The first-order chi connectivity index (χ1) is 9.83. The Kier molecular flexibility index (Phi) is 2.44. The maximum absolute atomic E-state index is 4.54. The highest BCUT2D eigenvalue weighted by molar-refractivity contribution is 5.91. The van der Waals surface area contributed by atoms with Gasteiger partial charge < -0.3 is 5.01 Å². The summed E-state index contributed by atoms with van der Waals surface area (Å²) in [5, 5.41) is 3.24. The molecule has 0 unspecified atom stereocenters. The highest BCUT2D eigenvalue weighted by Gasteiger charge is 2.18. The van der Waals surface area contributed by atoms with Crippen molar-refractivity contribution in [3.05, 3.63) is 54.5 Å². The molecular weight excluding hydrogens is 248 g/mol. The third kappa shape index (κ3) is 1.66. The van der Waals surface area contributed by atoms with E-state index in [0.29, 0.717) is 0 Å². The van der Waals surface area contributed by atoms with Crippen LogP contribution in [0.4, 0.5) is 5.69 Å². The van der Waals surface area contributed by atoms with Crippen LogP contribution in [-0.4, -0.2) is 17.0 Å². The minimum absolute atomic E-state index is 0.849. The van der Waals surface area contributed by atoms with Crippen LogP contribution in [0.1, 0.15) is 5.56 Å². The van der Waals surface area contributed by atoms with Crippen molar-refractivity contribution in [2.45, 2.75) is 6.54 Å². The summed E-state index contributed by atoms with van der Waals surface area (Å²) in [6, 6.07) is 10.4. The van der Waals surface area contributed by atoms with Crippen molar-refractivity contribution in [3.63, 3.8) is 0 Å².